The van der Waals surface area contributed by atoms with Crippen molar-refractivity contribution in [3.63, 3.8) is 0 Å². The molecular formula is C16H28NO8-. The SMILES string of the molecule is C[C@@H]1O[C@@H](O[C@@H]2CNC[C@H]2OCCCCCC(=O)[O-])[C@@H](O)[C@H](O)[C@@H]1O. The van der Waals surface area contributed by atoms with Gasteiger partial charge < -0.3 is 44.7 Å². The number of ether oxygens (including phenoxy) is 3. The average molecular weight is 362 g/mol. The molecule has 2 heterocycles. The molecule has 0 aromatic rings. The highest BCUT2D eigenvalue weighted by Crippen LogP contribution is 2.24. The van der Waals surface area contributed by atoms with E-state index in [2.05, 4.69) is 5.32 Å². The molecule has 2 saturated heterocycles. The highest BCUT2D eigenvalue weighted by molar-refractivity contribution is 5.63. The standard InChI is InChI=1S/C16H29NO8/c1-9-13(20)14(21)15(22)16(24-9)25-11-8-17-7-10(11)23-6-4-2-3-5-12(18)19/h9-11,13-17,20-22H,2-8H2,1H3,(H,18,19)/p-1/t9-,10+,11+,13+,14+,15-,16-/m0/s1. The van der Waals surface area contributed by atoms with Gasteiger partial charge in [0.2, 0.25) is 0 Å². The van der Waals surface area contributed by atoms with E-state index in [0.29, 0.717) is 26.1 Å². The van der Waals surface area contributed by atoms with Gasteiger partial charge >= 0.3 is 0 Å². The monoisotopic (exact) mass is 362 g/mol. The van der Waals surface area contributed by atoms with Gasteiger partial charge in [0.1, 0.15) is 24.4 Å². The zero-order chi connectivity index (χ0) is 18.4. The predicted molar refractivity (Wildman–Crippen MR) is 83.3 cm³/mol. The lowest BCUT2D eigenvalue weighted by Gasteiger charge is -2.40. The minimum absolute atomic E-state index is 0.0555. The Morgan fingerprint density at radius 1 is 1.12 bits per heavy atom. The molecule has 9 heteroatoms. The third-order valence-corrected chi connectivity index (χ3v) is 4.58. The van der Waals surface area contributed by atoms with Crippen LogP contribution in [0.1, 0.15) is 32.6 Å². The van der Waals surface area contributed by atoms with Crippen molar-refractivity contribution in [2.75, 3.05) is 19.7 Å². The predicted octanol–water partition coefficient (Wildman–Crippen LogP) is -2.50. The normalized spacial score (nSPS) is 38.8. The van der Waals surface area contributed by atoms with Crippen molar-refractivity contribution in [3.05, 3.63) is 0 Å². The summed E-state index contributed by atoms with van der Waals surface area (Å²) in [6.07, 6.45) is -3.99. The summed E-state index contributed by atoms with van der Waals surface area (Å²) in [5.74, 6) is -1.04. The van der Waals surface area contributed by atoms with Gasteiger partial charge in [-0.15, -0.1) is 0 Å². The third-order valence-electron chi connectivity index (χ3n) is 4.58. The topological polar surface area (TPSA) is 141 Å². The van der Waals surface area contributed by atoms with Gasteiger partial charge in [0.15, 0.2) is 6.29 Å². The summed E-state index contributed by atoms with van der Waals surface area (Å²) < 4.78 is 17.0. The fourth-order valence-corrected chi connectivity index (χ4v) is 3.01. The van der Waals surface area contributed by atoms with Crippen molar-refractivity contribution in [3.8, 4) is 0 Å². The molecule has 0 radical (unpaired) electrons. The van der Waals surface area contributed by atoms with Gasteiger partial charge in [0.25, 0.3) is 0 Å². The van der Waals surface area contributed by atoms with Crippen LogP contribution in [0.15, 0.2) is 0 Å². The Bertz CT molecular complexity index is 423. The number of carboxylic acids is 1. The molecule has 7 atom stereocenters. The first kappa shape index (κ1) is 20.5. The van der Waals surface area contributed by atoms with Crippen LogP contribution in [-0.4, -0.2) is 83.9 Å². The number of aliphatic carboxylic acids is 1. The third kappa shape index (κ3) is 5.85. The molecule has 0 bridgehead atoms. The second-order valence-corrected chi connectivity index (χ2v) is 6.61. The first-order chi connectivity index (χ1) is 11.9. The molecule has 0 aliphatic carbocycles. The molecule has 2 rings (SSSR count). The highest BCUT2D eigenvalue weighted by atomic mass is 16.7. The van der Waals surface area contributed by atoms with Crippen molar-refractivity contribution in [2.45, 2.75) is 75.5 Å². The number of unbranched alkanes of at least 4 members (excludes halogenated alkanes) is 2. The van der Waals surface area contributed by atoms with Crippen molar-refractivity contribution in [1.82, 2.24) is 5.32 Å². The molecule has 0 unspecified atom stereocenters. The summed E-state index contributed by atoms with van der Waals surface area (Å²) in [6.45, 7) is 3.19. The zero-order valence-corrected chi connectivity index (χ0v) is 14.4. The summed E-state index contributed by atoms with van der Waals surface area (Å²) in [4.78, 5) is 10.3. The van der Waals surface area contributed by atoms with Gasteiger partial charge in [-0.05, 0) is 26.2 Å². The quantitative estimate of drug-likeness (QED) is 0.328. The number of hydrogen-bond acceptors (Lipinski definition) is 9. The van der Waals surface area contributed by atoms with Crippen molar-refractivity contribution < 1.29 is 39.4 Å². The van der Waals surface area contributed by atoms with Crippen LogP contribution in [0.4, 0.5) is 0 Å². The van der Waals surface area contributed by atoms with Gasteiger partial charge in [0.05, 0.1) is 12.2 Å². The molecule has 2 fully saturated rings. The van der Waals surface area contributed by atoms with Crippen LogP contribution in [0.25, 0.3) is 0 Å². The average Bonchev–Trinajstić information content (AvgIpc) is 3.00. The van der Waals surface area contributed by atoms with E-state index in [1.165, 1.54) is 0 Å². The van der Waals surface area contributed by atoms with Crippen LogP contribution >= 0.6 is 0 Å². The molecule has 4 N–H and O–H groups in total. The summed E-state index contributed by atoms with van der Waals surface area (Å²) in [5, 5.41) is 43.0. The first-order valence-electron chi connectivity index (χ1n) is 8.77. The van der Waals surface area contributed by atoms with E-state index in [-0.39, 0.29) is 18.6 Å². The van der Waals surface area contributed by atoms with Crippen molar-refractivity contribution in [1.29, 1.82) is 0 Å². The maximum absolute atomic E-state index is 10.3. The maximum atomic E-state index is 10.3. The summed E-state index contributed by atoms with van der Waals surface area (Å²) in [6, 6.07) is 0. The Hall–Kier alpha value is -0.810. The van der Waals surface area contributed by atoms with E-state index in [1.807, 2.05) is 0 Å². The fourth-order valence-electron chi connectivity index (χ4n) is 3.01. The van der Waals surface area contributed by atoms with Crippen molar-refractivity contribution >= 4 is 5.97 Å². The lowest BCUT2D eigenvalue weighted by molar-refractivity contribution is -0.307. The lowest BCUT2D eigenvalue weighted by Crippen LogP contribution is -2.58. The zero-order valence-electron chi connectivity index (χ0n) is 14.4. The number of nitrogens with one attached hydrogen (secondary N) is 1. The Balaban J connectivity index is 1.72. The number of carbonyl (C=O) groups is 1. The fraction of sp³-hybridized carbons (Fsp3) is 0.938. The Labute approximate surface area is 146 Å². The first-order valence-corrected chi connectivity index (χ1v) is 8.77. The number of aliphatic hydroxyl groups is 3. The molecule has 0 aromatic heterocycles. The minimum Gasteiger partial charge on any atom is -0.550 e. The molecule has 2 aliphatic rings. The summed E-state index contributed by atoms with van der Waals surface area (Å²) in [5.41, 5.74) is 0. The number of carbonyl (C=O) groups excluding carboxylic acids is 1. The second-order valence-electron chi connectivity index (χ2n) is 6.61. The second kappa shape index (κ2) is 9.77. The summed E-state index contributed by atoms with van der Waals surface area (Å²) >= 11 is 0. The Morgan fingerprint density at radius 2 is 1.84 bits per heavy atom. The summed E-state index contributed by atoms with van der Waals surface area (Å²) in [7, 11) is 0. The van der Waals surface area contributed by atoms with Gasteiger partial charge in [0, 0.05) is 25.7 Å². The number of hydrogen-bond donors (Lipinski definition) is 4. The van der Waals surface area contributed by atoms with E-state index in [4.69, 9.17) is 14.2 Å². The largest absolute Gasteiger partial charge is 0.550 e. The molecule has 9 nitrogen and oxygen atoms in total. The lowest BCUT2D eigenvalue weighted by atomic mass is 10.00. The Kier molecular flexibility index (Phi) is 8.01. The molecule has 0 amide bonds. The van der Waals surface area contributed by atoms with Gasteiger partial charge in [-0.3, -0.25) is 0 Å². The van der Waals surface area contributed by atoms with E-state index < -0.39 is 36.7 Å². The van der Waals surface area contributed by atoms with E-state index in [0.717, 1.165) is 12.8 Å². The van der Waals surface area contributed by atoms with Crippen LogP contribution in [0, 0.1) is 0 Å². The molecule has 0 aromatic carbocycles. The van der Waals surface area contributed by atoms with Crippen LogP contribution in [0.2, 0.25) is 0 Å². The maximum Gasteiger partial charge on any atom is 0.187 e. The molecule has 0 spiro atoms. The number of carboxylic acid groups (broad SMARTS) is 1. The van der Waals surface area contributed by atoms with Crippen LogP contribution in [-0.2, 0) is 19.0 Å². The minimum atomic E-state index is -1.34. The van der Waals surface area contributed by atoms with Crippen LogP contribution < -0.4 is 10.4 Å². The highest BCUT2D eigenvalue weighted by Gasteiger charge is 2.44. The molecular weight excluding hydrogens is 334 g/mol. The number of rotatable bonds is 9. The van der Waals surface area contributed by atoms with E-state index in [9.17, 15) is 25.2 Å². The molecule has 146 valence electrons. The number of aliphatic hydroxyl groups excluding tert-OH is 3. The molecule has 25 heavy (non-hydrogen) atoms. The molecule has 0 saturated carbocycles. The van der Waals surface area contributed by atoms with E-state index in [1.54, 1.807) is 6.92 Å². The van der Waals surface area contributed by atoms with Gasteiger partial charge in [-0.1, -0.05) is 6.42 Å². The molecule has 2 aliphatic heterocycles. The smallest absolute Gasteiger partial charge is 0.187 e. The van der Waals surface area contributed by atoms with Crippen molar-refractivity contribution in [2.24, 2.45) is 0 Å². The van der Waals surface area contributed by atoms with E-state index >= 15 is 0 Å². The van der Waals surface area contributed by atoms with Gasteiger partial charge in [-0.2, -0.15) is 0 Å². The van der Waals surface area contributed by atoms with Crippen LogP contribution in [0.5, 0.6) is 0 Å². The van der Waals surface area contributed by atoms with Crippen LogP contribution in [0.3, 0.4) is 0 Å². The Morgan fingerprint density at radius 3 is 2.56 bits per heavy atom. The van der Waals surface area contributed by atoms with Gasteiger partial charge in [-0.25, -0.2) is 0 Å².